The molecule has 4 heteroatoms. The Hall–Kier alpha value is -2.00. The smallest absolute Gasteiger partial charge is 0.333 e. The molecular weight excluding hydrogens is 298 g/mol. The molecule has 1 atom stereocenters. The predicted molar refractivity (Wildman–Crippen MR) is 90.1 cm³/mol. The molecule has 0 aliphatic rings. The van der Waals surface area contributed by atoms with Gasteiger partial charge in [0.2, 0.25) is 0 Å². The lowest BCUT2D eigenvalue weighted by molar-refractivity contribution is -0.156. The molecule has 0 heterocycles. The number of rotatable bonds is 4. The number of carbonyl (C=O) groups is 1. The first-order chi connectivity index (χ1) is 10.4. The molecular formula is C18H20ClNO2. The highest BCUT2D eigenvalue weighted by molar-refractivity contribution is 6.31. The molecule has 116 valence electrons. The van der Waals surface area contributed by atoms with Crippen LogP contribution in [0.25, 0.3) is 0 Å². The van der Waals surface area contributed by atoms with Crippen LogP contribution in [0.15, 0.2) is 54.6 Å². The zero-order valence-corrected chi connectivity index (χ0v) is 13.7. The van der Waals surface area contributed by atoms with Crippen molar-refractivity contribution >= 4 is 23.3 Å². The number of ether oxygens (including phenoxy) is 1. The van der Waals surface area contributed by atoms with E-state index in [9.17, 15) is 4.79 Å². The summed E-state index contributed by atoms with van der Waals surface area (Å²) in [5.41, 5.74) is 0.968. The van der Waals surface area contributed by atoms with Crippen molar-refractivity contribution in [2.45, 2.75) is 32.4 Å². The molecule has 0 aromatic heterocycles. The number of para-hydroxylation sites is 1. The maximum atomic E-state index is 12.6. The lowest BCUT2D eigenvalue weighted by Crippen LogP contribution is -2.31. The van der Waals surface area contributed by atoms with E-state index >= 15 is 0 Å². The zero-order chi connectivity index (χ0) is 16.2. The monoisotopic (exact) mass is 317 g/mol. The molecule has 0 fully saturated rings. The third-order valence-electron chi connectivity index (χ3n) is 2.94. The standard InChI is InChI=1S/C18H20ClNO2/c1-18(2,3)22-17(21)16(14-11-7-8-12-15(14)19)20-13-9-5-4-6-10-13/h4-12,16,20H,1-3H3. The minimum Gasteiger partial charge on any atom is -0.458 e. The van der Waals surface area contributed by atoms with Gasteiger partial charge in [-0.25, -0.2) is 4.79 Å². The first-order valence-electron chi connectivity index (χ1n) is 7.16. The Morgan fingerprint density at radius 1 is 1.05 bits per heavy atom. The van der Waals surface area contributed by atoms with Crippen LogP contribution >= 0.6 is 11.6 Å². The molecule has 0 aliphatic heterocycles. The predicted octanol–water partition coefficient (Wildman–Crippen LogP) is 4.83. The summed E-state index contributed by atoms with van der Waals surface area (Å²) in [5, 5.41) is 3.73. The number of benzene rings is 2. The fraction of sp³-hybridized carbons (Fsp3) is 0.278. The van der Waals surface area contributed by atoms with E-state index in [4.69, 9.17) is 16.3 Å². The summed E-state index contributed by atoms with van der Waals surface area (Å²) in [5.74, 6) is -0.357. The minimum absolute atomic E-state index is 0.357. The van der Waals surface area contributed by atoms with Crippen molar-refractivity contribution in [1.29, 1.82) is 0 Å². The lowest BCUT2D eigenvalue weighted by Gasteiger charge is -2.26. The van der Waals surface area contributed by atoms with Gasteiger partial charge in [0.05, 0.1) is 0 Å². The highest BCUT2D eigenvalue weighted by atomic mass is 35.5. The molecule has 3 nitrogen and oxygen atoms in total. The van der Waals surface area contributed by atoms with Gasteiger partial charge < -0.3 is 10.1 Å². The summed E-state index contributed by atoms with van der Waals surface area (Å²) in [6.45, 7) is 5.53. The topological polar surface area (TPSA) is 38.3 Å². The van der Waals surface area contributed by atoms with E-state index in [0.717, 1.165) is 5.69 Å². The average Bonchev–Trinajstić information content (AvgIpc) is 2.45. The number of hydrogen-bond acceptors (Lipinski definition) is 3. The van der Waals surface area contributed by atoms with Gasteiger partial charge in [0.15, 0.2) is 6.04 Å². The second kappa shape index (κ2) is 6.84. The molecule has 22 heavy (non-hydrogen) atoms. The fourth-order valence-electron chi connectivity index (χ4n) is 2.03. The van der Waals surface area contributed by atoms with E-state index in [1.54, 1.807) is 6.07 Å². The first kappa shape index (κ1) is 16.4. The van der Waals surface area contributed by atoms with Crippen LogP contribution in [0.2, 0.25) is 5.02 Å². The normalized spacial score (nSPS) is 12.5. The first-order valence-corrected chi connectivity index (χ1v) is 7.53. The van der Waals surface area contributed by atoms with E-state index in [1.165, 1.54) is 0 Å². The number of nitrogens with one attached hydrogen (secondary N) is 1. The van der Waals surface area contributed by atoms with Gasteiger partial charge in [-0.1, -0.05) is 48.0 Å². The highest BCUT2D eigenvalue weighted by Gasteiger charge is 2.28. The number of esters is 1. The molecule has 0 amide bonds. The summed E-state index contributed by atoms with van der Waals surface area (Å²) < 4.78 is 5.52. The van der Waals surface area contributed by atoms with Crippen molar-refractivity contribution < 1.29 is 9.53 Å². The van der Waals surface area contributed by atoms with Crippen LogP contribution in [0.5, 0.6) is 0 Å². The molecule has 2 aromatic carbocycles. The maximum Gasteiger partial charge on any atom is 0.333 e. The zero-order valence-electron chi connectivity index (χ0n) is 13.0. The summed E-state index contributed by atoms with van der Waals surface area (Å²) in [7, 11) is 0. The minimum atomic E-state index is -0.657. The Morgan fingerprint density at radius 3 is 2.23 bits per heavy atom. The van der Waals surface area contributed by atoms with E-state index in [0.29, 0.717) is 10.6 Å². The number of halogens is 1. The van der Waals surface area contributed by atoms with Gasteiger partial charge in [0.25, 0.3) is 0 Å². The Kier molecular flexibility index (Phi) is 5.09. The van der Waals surface area contributed by atoms with E-state index < -0.39 is 11.6 Å². The van der Waals surface area contributed by atoms with Crippen molar-refractivity contribution in [1.82, 2.24) is 0 Å². The maximum absolute atomic E-state index is 12.6. The summed E-state index contributed by atoms with van der Waals surface area (Å²) in [6.07, 6.45) is 0. The van der Waals surface area contributed by atoms with E-state index in [1.807, 2.05) is 69.3 Å². The van der Waals surface area contributed by atoms with Crippen molar-refractivity contribution in [2.24, 2.45) is 0 Å². The Bertz CT molecular complexity index is 635. The molecule has 2 rings (SSSR count). The van der Waals surface area contributed by atoms with Gasteiger partial charge >= 0.3 is 5.97 Å². The van der Waals surface area contributed by atoms with Crippen LogP contribution in [-0.2, 0) is 9.53 Å². The third kappa shape index (κ3) is 4.50. The van der Waals surface area contributed by atoms with Crippen LogP contribution in [0.4, 0.5) is 5.69 Å². The molecule has 0 saturated heterocycles. The van der Waals surface area contributed by atoms with Crippen LogP contribution < -0.4 is 5.32 Å². The SMILES string of the molecule is CC(C)(C)OC(=O)C(Nc1ccccc1)c1ccccc1Cl. The molecule has 1 N–H and O–H groups in total. The number of hydrogen-bond donors (Lipinski definition) is 1. The van der Waals surface area contributed by atoms with Crippen LogP contribution in [0.3, 0.4) is 0 Å². The molecule has 1 unspecified atom stereocenters. The summed E-state index contributed by atoms with van der Waals surface area (Å²) in [6, 6.07) is 16.1. The third-order valence-corrected chi connectivity index (χ3v) is 3.29. The summed E-state index contributed by atoms with van der Waals surface area (Å²) >= 11 is 6.25. The molecule has 0 spiro atoms. The van der Waals surface area contributed by atoms with Crippen LogP contribution in [0.1, 0.15) is 32.4 Å². The van der Waals surface area contributed by atoms with Gasteiger partial charge in [0.1, 0.15) is 5.60 Å². The van der Waals surface area contributed by atoms with Gasteiger partial charge in [-0.15, -0.1) is 0 Å². The van der Waals surface area contributed by atoms with Gasteiger partial charge in [-0.2, -0.15) is 0 Å². The molecule has 2 aromatic rings. The van der Waals surface area contributed by atoms with Gasteiger partial charge in [-0.3, -0.25) is 0 Å². The Balaban J connectivity index is 2.32. The molecule has 0 bridgehead atoms. The fourth-order valence-corrected chi connectivity index (χ4v) is 2.28. The van der Waals surface area contributed by atoms with Crippen molar-refractivity contribution in [3.63, 3.8) is 0 Å². The molecule has 0 radical (unpaired) electrons. The van der Waals surface area contributed by atoms with Crippen molar-refractivity contribution in [3.05, 3.63) is 65.2 Å². The highest BCUT2D eigenvalue weighted by Crippen LogP contribution is 2.28. The largest absolute Gasteiger partial charge is 0.458 e. The lowest BCUT2D eigenvalue weighted by atomic mass is 10.1. The summed E-state index contributed by atoms with van der Waals surface area (Å²) in [4.78, 5) is 12.6. The second-order valence-corrected chi connectivity index (χ2v) is 6.41. The second-order valence-electron chi connectivity index (χ2n) is 6.00. The molecule has 0 aliphatic carbocycles. The van der Waals surface area contributed by atoms with E-state index in [-0.39, 0.29) is 5.97 Å². The number of anilines is 1. The quantitative estimate of drug-likeness (QED) is 0.820. The number of carbonyl (C=O) groups excluding carboxylic acids is 1. The Labute approximate surface area is 136 Å². The van der Waals surface area contributed by atoms with E-state index in [2.05, 4.69) is 5.32 Å². The van der Waals surface area contributed by atoms with Crippen molar-refractivity contribution in [2.75, 3.05) is 5.32 Å². The average molecular weight is 318 g/mol. The Morgan fingerprint density at radius 2 is 1.64 bits per heavy atom. The van der Waals surface area contributed by atoms with Gasteiger partial charge in [-0.05, 0) is 39.0 Å². The van der Waals surface area contributed by atoms with Crippen LogP contribution in [0, 0.1) is 0 Å². The molecule has 0 saturated carbocycles. The van der Waals surface area contributed by atoms with Crippen molar-refractivity contribution in [3.8, 4) is 0 Å². The van der Waals surface area contributed by atoms with Crippen LogP contribution in [-0.4, -0.2) is 11.6 Å². The van der Waals surface area contributed by atoms with Gasteiger partial charge in [0, 0.05) is 16.3 Å².